The molecular weight excluding hydrogens is 327 g/mol. The van der Waals surface area contributed by atoms with Crippen LogP contribution in [0.5, 0.6) is 0 Å². The van der Waals surface area contributed by atoms with E-state index in [4.69, 9.17) is 0 Å². The number of hydrogen-bond donors (Lipinski definition) is 2. The Morgan fingerprint density at radius 3 is 2.38 bits per heavy atom. The largest absolute Gasteiger partial charge is 0.345 e. The van der Waals surface area contributed by atoms with Crippen LogP contribution in [0, 0.1) is 11.7 Å². The van der Waals surface area contributed by atoms with Gasteiger partial charge in [-0.1, -0.05) is 42.5 Å². The molecule has 24 heavy (non-hydrogen) atoms. The summed E-state index contributed by atoms with van der Waals surface area (Å²) in [5, 5.41) is 6.38. The molecule has 0 aromatic heterocycles. The van der Waals surface area contributed by atoms with Gasteiger partial charge in [0.2, 0.25) is 5.91 Å². The number of rotatable bonds is 4. The molecule has 1 fully saturated rings. The van der Waals surface area contributed by atoms with Gasteiger partial charge in [0.05, 0.1) is 6.04 Å². The van der Waals surface area contributed by atoms with Crippen molar-refractivity contribution in [1.82, 2.24) is 10.6 Å². The van der Waals surface area contributed by atoms with Crippen LogP contribution in [-0.4, -0.2) is 19.0 Å². The van der Waals surface area contributed by atoms with Crippen LogP contribution in [-0.2, 0) is 4.79 Å². The topological polar surface area (TPSA) is 41.1 Å². The summed E-state index contributed by atoms with van der Waals surface area (Å²) in [5.41, 5.74) is 1.72. The van der Waals surface area contributed by atoms with Crippen molar-refractivity contribution in [1.29, 1.82) is 0 Å². The van der Waals surface area contributed by atoms with Crippen LogP contribution in [0.3, 0.4) is 0 Å². The van der Waals surface area contributed by atoms with Crippen molar-refractivity contribution in [2.45, 2.75) is 18.9 Å². The molecule has 1 aliphatic heterocycles. The second-order valence-electron chi connectivity index (χ2n) is 5.93. The molecule has 2 N–H and O–H groups in total. The maximum absolute atomic E-state index is 13.6. The van der Waals surface area contributed by atoms with Crippen LogP contribution < -0.4 is 10.6 Å². The second-order valence-corrected chi connectivity index (χ2v) is 5.93. The molecule has 1 saturated heterocycles. The first-order valence-corrected chi connectivity index (χ1v) is 8.05. The van der Waals surface area contributed by atoms with E-state index in [0.29, 0.717) is 0 Å². The Kier molecular flexibility index (Phi) is 6.76. The van der Waals surface area contributed by atoms with Crippen LogP contribution in [0.1, 0.15) is 30.0 Å². The van der Waals surface area contributed by atoms with Gasteiger partial charge < -0.3 is 10.6 Å². The van der Waals surface area contributed by atoms with Gasteiger partial charge in [-0.05, 0) is 49.2 Å². The smallest absolute Gasteiger partial charge is 0.223 e. The summed E-state index contributed by atoms with van der Waals surface area (Å²) in [6.45, 7) is 1.74. The molecule has 1 aliphatic rings. The molecule has 1 heterocycles. The highest BCUT2D eigenvalue weighted by molar-refractivity contribution is 5.85. The highest BCUT2D eigenvalue weighted by Crippen LogP contribution is 2.24. The van der Waals surface area contributed by atoms with E-state index in [-0.39, 0.29) is 36.1 Å². The van der Waals surface area contributed by atoms with Crippen molar-refractivity contribution in [2.24, 2.45) is 5.92 Å². The summed E-state index contributed by atoms with van der Waals surface area (Å²) in [6.07, 6.45) is 1.69. The standard InChI is InChI=1S/C19H21FN2O.ClH/c20-17-8-4-7-16(13-17)18(14-5-2-1-3-6-14)22-19(23)15-9-11-21-12-10-15;/h1-8,13,15,18,21H,9-12H2,(H,22,23);1H. The summed E-state index contributed by atoms with van der Waals surface area (Å²) < 4.78 is 13.6. The van der Waals surface area contributed by atoms with Gasteiger partial charge in [0, 0.05) is 5.92 Å². The van der Waals surface area contributed by atoms with E-state index in [1.165, 1.54) is 12.1 Å². The van der Waals surface area contributed by atoms with E-state index in [1.807, 2.05) is 36.4 Å². The van der Waals surface area contributed by atoms with Crippen LogP contribution >= 0.6 is 12.4 Å². The zero-order valence-electron chi connectivity index (χ0n) is 13.4. The Bertz CT molecular complexity index is 659. The predicted molar refractivity (Wildman–Crippen MR) is 95.7 cm³/mol. The molecule has 1 atom stereocenters. The van der Waals surface area contributed by atoms with Gasteiger partial charge in [-0.3, -0.25) is 4.79 Å². The molecule has 2 aromatic carbocycles. The van der Waals surface area contributed by atoms with Crippen LogP contribution in [0.2, 0.25) is 0 Å². The molecule has 1 unspecified atom stereocenters. The molecule has 3 rings (SSSR count). The normalized spacial score (nSPS) is 16.0. The molecule has 5 heteroatoms. The first-order valence-electron chi connectivity index (χ1n) is 8.05. The zero-order chi connectivity index (χ0) is 16.1. The van der Waals surface area contributed by atoms with E-state index < -0.39 is 0 Å². The average molecular weight is 349 g/mol. The third-order valence-electron chi connectivity index (χ3n) is 4.31. The fourth-order valence-electron chi connectivity index (χ4n) is 3.03. The molecule has 128 valence electrons. The zero-order valence-corrected chi connectivity index (χ0v) is 14.2. The fourth-order valence-corrected chi connectivity index (χ4v) is 3.03. The van der Waals surface area contributed by atoms with Crippen LogP contribution in [0.4, 0.5) is 4.39 Å². The number of halogens is 2. The second kappa shape index (κ2) is 8.81. The number of benzene rings is 2. The number of nitrogens with one attached hydrogen (secondary N) is 2. The summed E-state index contributed by atoms with van der Waals surface area (Å²) >= 11 is 0. The van der Waals surface area contributed by atoms with Gasteiger partial charge >= 0.3 is 0 Å². The Morgan fingerprint density at radius 2 is 1.71 bits per heavy atom. The van der Waals surface area contributed by atoms with Crippen LogP contribution in [0.15, 0.2) is 54.6 Å². The Labute approximate surface area is 148 Å². The van der Waals surface area contributed by atoms with E-state index in [2.05, 4.69) is 10.6 Å². The monoisotopic (exact) mass is 348 g/mol. The molecule has 0 radical (unpaired) electrons. The van der Waals surface area contributed by atoms with Gasteiger partial charge in [0.25, 0.3) is 0 Å². The minimum absolute atomic E-state index is 0. The summed E-state index contributed by atoms with van der Waals surface area (Å²) in [4.78, 5) is 12.6. The van der Waals surface area contributed by atoms with Crippen molar-refractivity contribution in [3.63, 3.8) is 0 Å². The van der Waals surface area contributed by atoms with E-state index in [9.17, 15) is 9.18 Å². The van der Waals surface area contributed by atoms with Crippen molar-refractivity contribution < 1.29 is 9.18 Å². The molecule has 0 aliphatic carbocycles. The van der Waals surface area contributed by atoms with Gasteiger partial charge in [0.1, 0.15) is 5.82 Å². The molecule has 0 bridgehead atoms. The van der Waals surface area contributed by atoms with E-state index in [0.717, 1.165) is 37.1 Å². The lowest BCUT2D eigenvalue weighted by Gasteiger charge is -2.26. The van der Waals surface area contributed by atoms with Gasteiger partial charge in [0.15, 0.2) is 0 Å². The Hall–Kier alpha value is -1.91. The number of amides is 1. The molecule has 0 spiro atoms. The van der Waals surface area contributed by atoms with Crippen molar-refractivity contribution in [2.75, 3.05) is 13.1 Å². The quantitative estimate of drug-likeness (QED) is 0.888. The lowest BCUT2D eigenvalue weighted by Crippen LogP contribution is -2.40. The molecular formula is C19H22ClFN2O. The SMILES string of the molecule is Cl.O=C(NC(c1ccccc1)c1cccc(F)c1)C1CCNCC1. The third-order valence-corrected chi connectivity index (χ3v) is 4.31. The molecule has 2 aromatic rings. The number of piperidine rings is 1. The molecule has 1 amide bonds. The minimum Gasteiger partial charge on any atom is -0.345 e. The van der Waals surface area contributed by atoms with Crippen molar-refractivity contribution in [3.8, 4) is 0 Å². The molecule has 3 nitrogen and oxygen atoms in total. The Balaban J connectivity index is 0.00000208. The number of carbonyl (C=O) groups is 1. The highest BCUT2D eigenvalue weighted by atomic mass is 35.5. The van der Waals surface area contributed by atoms with Gasteiger partial charge in [-0.2, -0.15) is 0 Å². The fraction of sp³-hybridized carbons (Fsp3) is 0.316. The lowest BCUT2D eigenvalue weighted by atomic mass is 9.94. The summed E-state index contributed by atoms with van der Waals surface area (Å²) in [7, 11) is 0. The van der Waals surface area contributed by atoms with Gasteiger partial charge in [-0.25, -0.2) is 4.39 Å². The molecule has 0 saturated carbocycles. The van der Waals surface area contributed by atoms with Crippen molar-refractivity contribution >= 4 is 18.3 Å². The third kappa shape index (κ3) is 4.56. The average Bonchev–Trinajstić information content (AvgIpc) is 2.61. The van der Waals surface area contributed by atoms with Crippen molar-refractivity contribution in [3.05, 3.63) is 71.5 Å². The summed E-state index contributed by atoms with van der Waals surface area (Å²) in [5.74, 6) is -0.222. The van der Waals surface area contributed by atoms with Gasteiger partial charge in [-0.15, -0.1) is 12.4 Å². The maximum atomic E-state index is 13.6. The minimum atomic E-state index is -0.325. The first-order chi connectivity index (χ1) is 11.2. The van der Waals surface area contributed by atoms with E-state index >= 15 is 0 Å². The maximum Gasteiger partial charge on any atom is 0.223 e. The van der Waals surface area contributed by atoms with Crippen LogP contribution in [0.25, 0.3) is 0 Å². The predicted octanol–water partition coefficient (Wildman–Crippen LogP) is 3.45. The summed E-state index contributed by atoms with van der Waals surface area (Å²) in [6, 6.07) is 15.8. The van der Waals surface area contributed by atoms with E-state index in [1.54, 1.807) is 6.07 Å². The number of hydrogen-bond acceptors (Lipinski definition) is 2. The Morgan fingerprint density at radius 1 is 1.04 bits per heavy atom. The number of carbonyl (C=O) groups excluding carboxylic acids is 1. The lowest BCUT2D eigenvalue weighted by molar-refractivity contribution is -0.126. The highest BCUT2D eigenvalue weighted by Gasteiger charge is 2.24. The first kappa shape index (κ1) is 18.4.